The summed E-state index contributed by atoms with van der Waals surface area (Å²) in [6.45, 7) is 5.54. The molecule has 0 unspecified atom stereocenters. The van der Waals surface area contributed by atoms with Crippen molar-refractivity contribution < 1.29 is 9.53 Å². The first-order valence-electron chi connectivity index (χ1n) is 8.52. The minimum Gasteiger partial charge on any atom is -0.444 e. The number of carbonyl (C=O) groups is 1. The molecule has 0 aliphatic heterocycles. The predicted octanol–water partition coefficient (Wildman–Crippen LogP) is 1.13. The maximum absolute atomic E-state index is 11.8. The Morgan fingerprint density at radius 3 is 2.46 bits per heavy atom. The molecule has 28 heavy (non-hydrogen) atoms. The van der Waals surface area contributed by atoms with E-state index in [4.69, 9.17) is 4.74 Å². The highest BCUT2D eigenvalue weighted by Gasteiger charge is 2.16. The van der Waals surface area contributed by atoms with Gasteiger partial charge in [-0.2, -0.15) is 0 Å². The topological polar surface area (TPSA) is 124 Å². The first-order valence-corrected chi connectivity index (χ1v) is 8.52. The lowest BCUT2D eigenvalue weighted by atomic mass is 10.2. The number of nitrogens with zero attached hydrogens (tertiary/aromatic N) is 4. The van der Waals surface area contributed by atoms with Crippen LogP contribution in [0.4, 0.5) is 4.79 Å². The number of ether oxygens (including phenoxy) is 1. The summed E-state index contributed by atoms with van der Waals surface area (Å²) in [5.74, 6) is 0. The van der Waals surface area contributed by atoms with Gasteiger partial charge in [0.05, 0.1) is 24.1 Å². The average Bonchev–Trinajstić information content (AvgIpc) is 3.08. The summed E-state index contributed by atoms with van der Waals surface area (Å²) in [6.07, 6.45) is 2.56. The van der Waals surface area contributed by atoms with Crippen molar-refractivity contribution in [3.8, 4) is 11.4 Å². The molecule has 1 amide bonds. The van der Waals surface area contributed by atoms with E-state index in [1.807, 2.05) is 0 Å². The molecule has 0 atom stereocenters. The van der Waals surface area contributed by atoms with Crippen LogP contribution in [0.2, 0.25) is 0 Å². The third-order valence-electron chi connectivity index (χ3n) is 3.57. The van der Waals surface area contributed by atoms with E-state index in [-0.39, 0.29) is 6.54 Å². The fourth-order valence-electron chi connectivity index (χ4n) is 2.37. The number of benzene rings is 1. The standard InChI is InChI=1S/C18H20N6O4/c1-18(2,3)28-17(27)19-10-12-11-24(22-21-12)14-6-4-13(5-7-14)23-9-8-15(25)20-16(23)26/h4-9,11H,10H2,1-3H3,(H,19,27)(H,20,25,26). The number of alkyl carbamates (subject to hydrolysis) is 1. The lowest BCUT2D eigenvalue weighted by molar-refractivity contribution is 0.0523. The molecule has 0 aliphatic rings. The molecule has 0 radical (unpaired) electrons. The maximum Gasteiger partial charge on any atom is 0.407 e. The van der Waals surface area contributed by atoms with Crippen molar-refractivity contribution in [2.24, 2.45) is 0 Å². The van der Waals surface area contributed by atoms with E-state index in [9.17, 15) is 14.4 Å². The third-order valence-corrected chi connectivity index (χ3v) is 3.57. The molecule has 10 nitrogen and oxygen atoms in total. The van der Waals surface area contributed by atoms with Gasteiger partial charge in [0.25, 0.3) is 5.56 Å². The van der Waals surface area contributed by atoms with Crippen LogP contribution in [0.15, 0.2) is 52.3 Å². The van der Waals surface area contributed by atoms with Gasteiger partial charge in [-0.25, -0.2) is 14.3 Å². The Hall–Kier alpha value is -3.69. The van der Waals surface area contributed by atoms with E-state index in [1.54, 1.807) is 55.9 Å². The van der Waals surface area contributed by atoms with Crippen molar-refractivity contribution in [3.05, 3.63) is 69.3 Å². The molecule has 2 aromatic heterocycles. The molecule has 1 aromatic carbocycles. The van der Waals surface area contributed by atoms with E-state index in [1.165, 1.54) is 16.8 Å². The number of rotatable bonds is 4. The third kappa shape index (κ3) is 4.72. The van der Waals surface area contributed by atoms with Gasteiger partial charge in [-0.1, -0.05) is 5.21 Å². The smallest absolute Gasteiger partial charge is 0.407 e. The molecule has 2 heterocycles. The van der Waals surface area contributed by atoms with E-state index in [0.717, 1.165) is 5.69 Å². The SMILES string of the molecule is CC(C)(C)OC(=O)NCc1cn(-c2ccc(-n3ccc(=O)[nH]c3=O)cc2)nn1. The van der Waals surface area contributed by atoms with Gasteiger partial charge in [0, 0.05) is 12.3 Å². The number of H-pyrrole nitrogens is 1. The highest BCUT2D eigenvalue weighted by Crippen LogP contribution is 2.11. The molecule has 0 bridgehead atoms. The van der Waals surface area contributed by atoms with Crippen LogP contribution in [0.3, 0.4) is 0 Å². The zero-order valence-electron chi connectivity index (χ0n) is 15.7. The number of amides is 1. The van der Waals surface area contributed by atoms with E-state index in [0.29, 0.717) is 11.4 Å². The lowest BCUT2D eigenvalue weighted by Crippen LogP contribution is -2.32. The van der Waals surface area contributed by atoms with Crippen molar-refractivity contribution in [2.45, 2.75) is 32.9 Å². The van der Waals surface area contributed by atoms with Gasteiger partial charge < -0.3 is 10.1 Å². The zero-order chi connectivity index (χ0) is 20.3. The van der Waals surface area contributed by atoms with Gasteiger partial charge in [-0.3, -0.25) is 14.3 Å². The Bertz CT molecular complexity index is 1090. The Balaban J connectivity index is 1.69. The van der Waals surface area contributed by atoms with Crippen LogP contribution in [-0.2, 0) is 11.3 Å². The van der Waals surface area contributed by atoms with Crippen LogP contribution in [0.5, 0.6) is 0 Å². The van der Waals surface area contributed by atoms with Crippen LogP contribution in [0, 0.1) is 0 Å². The molecule has 0 fully saturated rings. The van der Waals surface area contributed by atoms with Crippen molar-refractivity contribution >= 4 is 6.09 Å². The summed E-state index contributed by atoms with van der Waals surface area (Å²) in [7, 11) is 0. The lowest BCUT2D eigenvalue weighted by Gasteiger charge is -2.19. The average molecular weight is 384 g/mol. The first kappa shape index (κ1) is 19.1. The Labute approximate surface area is 159 Å². The Morgan fingerprint density at radius 1 is 1.14 bits per heavy atom. The summed E-state index contributed by atoms with van der Waals surface area (Å²) in [6, 6.07) is 8.22. The second kappa shape index (κ2) is 7.51. The van der Waals surface area contributed by atoms with Crippen molar-refractivity contribution in [1.82, 2.24) is 29.9 Å². The second-order valence-corrected chi connectivity index (χ2v) is 7.01. The maximum atomic E-state index is 11.8. The van der Waals surface area contributed by atoms with Gasteiger partial charge in [-0.15, -0.1) is 5.10 Å². The second-order valence-electron chi connectivity index (χ2n) is 7.01. The molecule has 0 saturated heterocycles. The quantitative estimate of drug-likeness (QED) is 0.695. The summed E-state index contributed by atoms with van der Waals surface area (Å²) in [5, 5.41) is 10.7. The number of aromatic nitrogens is 5. The first-order chi connectivity index (χ1) is 13.2. The van der Waals surface area contributed by atoms with Gasteiger partial charge in [-0.05, 0) is 45.0 Å². The zero-order valence-corrected chi connectivity index (χ0v) is 15.7. The van der Waals surface area contributed by atoms with Crippen LogP contribution in [-0.4, -0.2) is 36.2 Å². The molecule has 146 valence electrons. The molecule has 0 aliphatic carbocycles. The summed E-state index contributed by atoms with van der Waals surface area (Å²) >= 11 is 0. The summed E-state index contributed by atoms with van der Waals surface area (Å²) < 4.78 is 8.04. The Morgan fingerprint density at radius 2 is 1.82 bits per heavy atom. The number of hydrogen-bond donors (Lipinski definition) is 2. The molecular weight excluding hydrogens is 364 g/mol. The van der Waals surface area contributed by atoms with E-state index < -0.39 is 22.9 Å². The van der Waals surface area contributed by atoms with Gasteiger partial charge in [0.2, 0.25) is 0 Å². The monoisotopic (exact) mass is 384 g/mol. The minimum absolute atomic E-state index is 0.180. The van der Waals surface area contributed by atoms with Crippen LogP contribution in [0.1, 0.15) is 26.5 Å². The minimum atomic E-state index is -0.572. The molecule has 2 N–H and O–H groups in total. The molecule has 0 spiro atoms. The predicted molar refractivity (Wildman–Crippen MR) is 101 cm³/mol. The molecule has 3 rings (SSSR count). The fraction of sp³-hybridized carbons (Fsp3) is 0.278. The summed E-state index contributed by atoms with van der Waals surface area (Å²) in [4.78, 5) is 36.9. The van der Waals surface area contributed by atoms with Gasteiger partial charge in [0.1, 0.15) is 11.3 Å². The van der Waals surface area contributed by atoms with Gasteiger partial charge in [0.15, 0.2) is 0 Å². The number of carbonyl (C=O) groups excluding carboxylic acids is 1. The number of aromatic amines is 1. The van der Waals surface area contributed by atoms with Crippen molar-refractivity contribution in [2.75, 3.05) is 0 Å². The van der Waals surface area contributed by atoms with E-state index >= 15 is 0 Å². The highest BCUT2D eigenvalue weighted by atomic mass is 16.6. The summed E-state index contributed by atoms with van der Waals surface area (Å²) in [5.41, 5.74) is 0.336. The van der Waals surface area contributed by atoms with Crippen LogP contribution in [0.25, 0.3) is 11.4 Å². The van der Waals surface area contributed by atoms with Crippen LogP contribution < -0.4 is 16.6 Å². The van der Waals surface area contributed by atoms with Crippen molar-refractivity contribution in [1.29, 1.82) is 0 Å². The van der Waals surface area contributed by atoms with Crippen LogP contribution >= 0.6 is 0 Å². The fourth-order valence-corrected chi connectivity index (χ4v) is 2.37. The molecule has 0 saturated carbocycles. The molecule has 3 aromatic rings. The number of nitrogens with one attached hydrogen (secondary N) is 2. The molecular formula is C18H20N6O4. The Kier molecular flexibility index (Phi) is 5.12. The molecule has 10 heteroatoms. The largest absolute Gasteiger partial charge is 0.444 e. The van der Waals surface area contributed by atoms with Gasteiger partial charge >= 0.3 is 11.8 Å². The van der Waals surface area contributed by atoms with Crippen molar-refractivity contribution in [3.63, 3.8) is 0 Å². The number of hydrogen-bond acceptors (Lipinski definition) is 6. The van der Waals surface area contributed by atoms with E-state index in [2.05, 4.69) is 20.6 Å². The highest BCUT2D eigenvalue weighted by molar-refractivity contribution is 5.67. The normalized spacial score (nSPS) is 11.2.